The van der Waals surface area contributed by atoms with Crippen LogP contribution in [0.15, 0.2) is 18.2 Å². The first-order chi connectivity index (χ1) is 6.75. The maximum Gasteiger partial charge on any atom is 0.123 e. The molecule has 1 fully saturated rings. The number of aryl methyl sites for hydroxylation is 2. The smallest absolute Gasteiger partial charge is 0.123 e. The Labute approximate surface area is 83.9 Å². The fourth-order valence-electron chi connectivity index (χ4n) is 1.66. The molecule has 0 aromatic heterocycles. The van der Waals surface area contributed by atoms with E-state index in [4.69, 9.17) is 4.74 Å². The quantitative estimate of drug-likeness (QED) is 0.671. The fourth-order valence-corrected chi connectivity index (χ4v) is 1.66. The summed E-state index contributed by atoms with van der Waals surface area (Å²) in [6.07, 6.45) is 3.65. The largest absolute Gasteiger partial charge is 0.373 e. The molecular weight excluding hydrogens is 179 g/mol. The van der Waals surface area contributed by atoms with Gasteiger partial charge in [-0.25, -0.2) is 4.39 Å². The number of hydrogen-bond donors (Lipinski definition) is 0. The number of ether oxygens (including phenoxy) is 1. The molecule has 0 N–H and O–H groups in total. The van der Waals surface area contributed by atoms with Crippen LogP contribution in [0.2, 0.25) is 0 Å². The Balaban J connectivity index is 1.89. The molecule has 0 bridgehead atoms. The van der Waals surface area contributed by atoms with Crippen molar-refractivity contribution in [3.63, 3.8) is 0 Å². The van der Waals surface area contributed by atoms with Gasteiger partial charge in [-0.15, -0.1) is 0 Å². The lowest BCUT2D eigenvalue weighted by Crippen LogP contribution is -1.93. The predicted molar refractivity (Wildman–Crippen MR) is 53.8 cm³/mol. The highest BCUT2D eigenvalue weighted by atomic mass is 19.1. The standard InChI is InChI=1S/C12H15FO/c1-9-5-6-11(13)7-10(9)3-2-4-12-8-14-12/h5-7,12H,2-4,8H2,1H3/t12-/m0/s1. The Hall–Kier alpha value is -0.890. The first-order valence-electron chi connectivity index (χ1n) is 5.12. The molecule has 1 aromatic carbocycles. The van der Waals surface area contributed by atoms with Crippen molar-refractivity contribution in [3.05, 3.63) is 35.1 Å². The molecule has 0 spiro atoms. The van der Waals surface area contributed by atoms with E-state index in [2.05, 4.69) is 0 Å². The van der Waals surface area contributed by atoms with E-state index in [1.54, 1.807) is 6.07 Å². The Kier molecular flexibility index (Phi) is 2.82. The monoisotopic (exact) mass is 194 g/mol. The summed E-state index contributed by atoms with van der Waals surface area (Å²) in [5.74, 6) is -0.131. The highest BCUT2D eigenvalue weighted by Gasteiger charge is 2.21. The van der Waals surface area contributed by atoms with Crippen LogP contribution in [0.4, 0.5) is 4.39 Å². The summed E-state index contributed by atoms with van der Waals surface area (Å²) in [7, 11) is 0. The molecule has 1 aliphatic rings. The number of epoxide rings is 1. The van der Waals surface area contributed by atoms with Crippen molar-refractivity contribution in [2.45, 2.75) is 32.3 Å². The van der Waals surface area contributed by atoms with Crippen LogP contribution < -0.4 is 0 Å². The van der Waals surface area contributed by atoms with Crippen LogP contribution in [-0.4, -0.2) is 12.7 Å². The molecular formula is C12H15FO. The van der Waals surface area contributed by atoms with E-state index in [1.165, 1.54) is 11.6 Å². The van der Waals surface area contributed by atoms with Crippen molar-refractivity contribution in [2.24, 2.45) is 0 Å². The summed E-state index contributed by atoms with van der Waals surface area (Å²) in [6.45, 7) is 2.95. The van der Waals surface area contributed by atoms with Crippen molar-refractivity contribution in [1.82, 2.24) is 0 Å². The third-order valence-corrected chi connectivity index (χ3v) is 2.69. The second kappa shape index (κ2) is 4.09. The summed E-state index contributed by atoms with van der Waals surface area (Å²) >= 11 is 0. The molecule has 0 radical (unpaired) electrons. The van der Waals surface area contributed by atoms with Gasteiger partial charge in [-0.2, -0.15) is 0 Å². The van der Waals surface area contributed by atoms with Crippen LogP contribution in [0.25, 0.3) is 0 Å². The number of halogens is 1. The molecule has 1 nitrogen and oxygen atoms in total. The molecule has 0 saturated carbocycles. The minimum Gasteiger partial charge on any atom is -0.373 e. The summed E-state index contributed by atoms with van der Waals surface area (Å²) < 4.78 is 18.0. The zero-order chi connectivity index (χ0) is 9.97. The summed E-state index contributed by atoms with van der Waals surface area (Å²) in [6, 6.07) is 5.00. The lowest BCUT2D eigenvalue weighted by molar-refractivity contribution is 0.392. The van der Waals surface area contributed by atoms with E-state index in [9.17, 15) is 4.39 Å². The van der Waals surface area contributed by atoms with Crippen LogP contribution in [-0.2, 0) is 11.2 Å². The minimum atomic E-state index is -0.131. The van der Waals surface area contributed by atoms with Crippen LogP contribution >= 0.6 is 0 Å². The van der Waals surface area contributed by atoms with Crippen LogP contribution in [0, 0.1) is 12.7 Å². The average Bonchev–Trinajstić information content (AvgIpc) is 2.95. The van der Waals surface area contributed by atoms with E-state index in [0.29, 0.717) is 6.10 Å². The molecule has 1 atom stereocenters. The molecule has 1 heterocycles. The second-order valence-corrected chi connectivity index (χ2v) is 3.92. The SMILES string of the molecule is Cc1ccc(F)cc1CCC[C@H]1CO1. The zero-order valence-electron chi connectivity index (χ0n) is 8.42. The number of hydrogen-bond acceptors (Lipinski definition) is 1. The third kappa shape index (κ3) is 2.55. The molecule has 0 aliphatic carbocycles. The average molecular weight is 194 g/mol. The normalized spacial score (nSPS) is 19.7. The van der Waals surface area contributed by atoms with E-state index in [-0.39, 0.29) is 5.82 Å². The minimum absolute atomic E-state index is 0.131. The van der Waals surface area contributed by atoms with Gasteiger partial charge in [0.1, 0.15) is 5.82 Å². The second-order valence-electron chi connectivity index (χ2n) is 3.92. The predicted octanol–water partition coefficient (Wildman–Crippen LogP) is 2.86. The topological polar surface area (TPSA) is 12.5 Å². The number of rotatable bonds is 4. The summed E-state index contributed by atoms with van der Waals surface area (Å²) in [4.78, 5) is 0. The Morgan fingerprint density at radius 1 is 1.50 bits per heavy atom. The van der Waals surface area contributed by atoms with Gasteiger partial charge in [-0.3, -0.25) is 0 Å². The molecule has 14 heavy (non-hydrogen) atoms. The van der Waals surface area contributed by atoms with Gasteiger partial charge in [0.05, 0.1) is 12.7 Å². The van der Waals surface area contributed by atoms with Crippen molar-refractivity contribution in [3.8, 4) is 0 Å². The molecule has 2 rings (SSSR count). The van der Waals surface area contributed by atoms with Crippen molar-refractivity contribution in [1.29, 1.82) is 0 Å². The van der Waals surface area contributed by atoms with Gasteiger partial charge in [0.15, 0.2) is 0 Å². The van der Waals surface area contributed by atoms with Gasteiger partial charge in [0.2, 0.25) is 0 Å². The molecule has 0 amide bonds. The summed E-state index contributed by atoms with van der Waals surface area (Å²) in [5.41, 5.74) is 2.31. The fraction of sp³-hybridized carbons (Fsp3) is 0.500. The van der Waals surface area contributed by atoms with Gasteiger partial charge >= 0.3 is 0 Å². The maximum atomic E-state index is 12.9. The van der Waals surface area contributed by atoms with Crippen molar-refractivity contribution >= 4 is 0 Å². The first-order valence-corrected chi connectivity index (χ1v) is 5.12. The molecule has 1 aliphatic heterocycles. The molecule has 0 unspecified atom stereocenters. The van der Waals surface area contributed by atoms with Crippen LogP contribution in [0.1, 0.15) is 24.0 Å². The Bertz CT molecular complexity index is 318. The zero-order valence-corrected chi connectivity index (χ0v) is 8.42. The van der Waals surface area contributed by atoms with Gasteiger partial charge in [-0.1, -0.05) is 6.07 Å². The first kappa shape index (κ1) is 9.66. The molecule has 76 valence electrons. The maximum absolute atomic E-state index is 12.9. The van der Waals surface area contributed by atoms with Gasteiger partial charge in [0.25, 0.3) is 0 Å². The highest BCUT2D eigenvalue weighted by molar-refractivity contribution is 5.26. The summed E-state index contributed by atoms with van der Waals surface area (Å²) in [5, 5.41) is 0. The molecule has 1 saturated heterocycles. The Morgan fingerprint density at radius 3 is 3.00 bits per heavy atom. The lowest BCUT2D eigenvalue weighted by Gasteiger charge is -2.04. The lowest BCUT2D eigenvalue weighted by atomic mass is 10.0. The molecule has 1 aromatic rings. The van der Waals surface area contributed by atoms with Gasteiger partial charge in [-0.05, 0) is 49.4 Å². The van der Waals surface area contributed by atoms with E-state index >= 15 is 0 Å². The Morgan fingerprint density at radius 2 is 2.29 bits per heavy atom. The van der Waals surface area contributed by atoms with Crippen molar-refractivity contribution in [2.75, 3.05) is 6.61 Å². The number of benzene rings is 1. The highest BCUT2D eigenvalue weighted by Crippen LogP contribution is 2.19. The van der Waals surface area contributed by atoms with E-state index in [0.717, 1.165) is 31.4 Å². The van der Waals surface area contributed by atoms with Crippen molar-refractivity contribution < 1.29 is 9.13 Å². The van der Waals surface area contributed by atoms with Gasteiger partial charge < -0.3 is 4.74 Å². The van der Waals surface area contributed by atoms with Crippen LogP contribution in [0.5, 0.6) is 0 Å². The third-order valence-electron chi connectivity index (χ3n) is 2.69. The van der Waals surface area contributed by atoms with E-state index in [1.807, 2.05) is 13.0 Å². The van der Waals surface area contributed by atoms with E-state index < -0.39 is 0 Å². The van der Waals surface area contributed by atoms with Crippen LogP contribution in [0.3, 0.4) is 0 Å². The molecule has 2 heteroatoms. The van der Waals surface area contributed by atoms with Gasteiger partial charge in [0, 0.05) is 0 Å².